The SMILES string of the molecule is Cc1c([C@@H]2[C@@H](C(=O)O)C2(C)C)oc2ccccc12. The summed E-state index contributed by atoms with van der Waals surface area (Å²) < 4.78 is 5.88. The quantitative estimate of drug-likeness (QED) is 0.878. The highest BCUT2D eigenvalue weighted by atomic mass is 16.4. The maximum absolute atomic E-state index is 11.2. The third-order valence-corrected chi connectivity index (χ3v) is 4.26. The second-order valence-electron chi connectivity index (χ2n) is 5.70. The normalized spacial score (nSPS) is 25.3. The molecule has 0 bridgehead atoms. The molecule has 3 heteroatoms. The van der Waals surface area contributed by atoms with Crippen LogP contribution >= 0.6 is 0 Å². The van der Waals surface area contributed by atoms with E-state index in [1.165, 1.54) is 0 Å². The van der Waals surface area contributed by atoms with Crippen molar-refractivity contribution in [3.8, 4) is 0 Å². The summed E-state index contributed by atoms with van der Waals surface area (Å²) in [5.74, 6) is -0.238. The molecule has 0 radical (unpaired) electrons. The molecule has 1 aromatic heterocycles. The number of furan rings is 1. The first-order chi connectivity index (χ1) is 8.44. The van der Waals surface area contributed by atoms with Crippen LogP contribution in [0.2, 0.25) is 0 Å². The van der Waals surface area contributed by atoms with Crippen molar-refractivity contribution in [2.75, 3.05) is 0 Å². The maximum atomic E-state index is 11.2. The molecule has 0 saturated heterocycles. The Morgan fingerprint density at radius 2 is 2.00 bits per heavy atom. The number of carboxylic acids is 1. The summed E-state index contributed by atoms with van der Waals surface area (Å²) in [4.78, 5) is 11.2. The lowest BCUT2D eigenvalue weighted by molar-refractivity contribution is -0.139. The zero-order valence-electron chi connectivity index (χ0n) is 10.7. The molecule has 0 unspecified atom stereocenters. The number of hydrogen-bond donors (Lipinski definition) is 1. The van der Waals surface area contributed by atoms with Gasteiger partial charge in [0.1, 0.15) is 11.3 Å². The Kier molecular flexibility index (Phi) is 2.12. The van der Waals surface area contributed by atoms with E-state index in [2.05, 4.69) is 0 Å². The van der Waals surface area contributed by atoms with Crippen LogP contribution in [-0.4, -0.2) is 11.1 Å². The Hall–Kier alpha value is -1.77. The molecule has 1 fully saturated rings. The molecule has 3 nitrogen and oxygen atoms in total. The Morgan fingerprint density at radius 3 is 2.56 bits per heavy atom. The molecule has 0 aliphatic heterocycles. The minimum atomic E-state index is -0.732. The van der Waals surface area contributed by atoms with Gasteiger partial charge in [0.15, 0.2) is 0 Å². The lowest BCUT2D eigenvalue weighted by atomic mass is 10.0. The molecule has 94 valence electrons. The van der Waals surface area contributed by atoms with Crippen molar-refractivity contribution < 1.29 is 14.3 Å². The predicted octanol–water partition coefficient (Wildman–Crippen LogP) is 3.57. The Morgan fingerprint density at radius 1 is 1.33 bits per heavy atom. The van der Waals surface area contributed by atoms with Gasteiger partial charge >= 0.3 is 5.97 Å². The van der Waals surface area contributed by atoms with Gasteiger partial charge in [-0.1, -0.05) is 32.0 Å². The van der Waals surface area contributed by atoms with Crippen LogP contribution in [0.5, 0.6) is 0 Å². The molecule has 1 aliphatic carbocycles. The molecular weight excluding hydrogens is 228 g/mol. The second-order valence-corrected chi connectivity index (χ2v) is 5.70. The molecule has 1 aromatic carbocycles. The Labute approximate surface area is 105 Å². The molecule has 0 spiro atoms. The largest absolute Gasteiger partial charge is 0.481 e. The zero-order valence-corrected chi connectivity index (χ0v) is 10.7. The van der Waals surface area contributed by atoms with Crippen LogP contribution in [0.25, 0.3) is 11.0 Å². The second kappa shape index (κ2) is 3.37. The van der Waals surface area contributed by atoms with Crippen molar-refractivity contribution >= 4 is 16.9 Å². The number of aliphatic carboxylic acids is 1. The van der Waals surface area contributed by atoms with Gasteiger partial charge in [0.25, 0.3) is 0 Å². The van der Waals surface area contributed by atoms with Crippen LogP contribution in [0, 0.1) is 18.3 Å². The van der Waals surface area contributed by atoms with E-state index in [-0.39, 0.29) is 17.3 Å². The topological polar surface area (TPSA) is 50.4 Å². The molecule has 2 aromatic rings. The van der Waals surface area contributed by atoms with Crippen molar-refractivity contribution in [1.29, 1.82) is 0 Å². The van der Waals surface area contributed by atoms with Gasteiger partial charge in [-0.05, 0) is 24.0 Å². The summed E-state index contributed by atoms with van der Waals surface area (Å²) >= 11 is 0. The van der Waals surface area contributed by atoms with Gasteiger partial charge in [0, 0.05) is 11.3 Å². The average Bonchev–Trinajstić information content (AvgIpc) is 2.73. The highest BCUT2D eigenvalue weighted by Gasteiger charge is 2.64. The summed E-state index contributed by atoms with van der Waals surface area (Å²) in [5, 5.41) is 10.3. The molecule has 18 heavy (non-hydrogen) atoms. The van der Waals surface area contributed by atoms with Crippen molar-refractivity contribution in [2.24, 2.45) is 11.3 Å². The van der Waals surface area contributed by atoms with E-state index >= 15 is 0 Å². The molecule has 1 aliphatic rings. The van der Waals surface area contributed by atoms with Gasteiger partial charge in [-0.15, -0.1) is 0 Å². The number of benzene rings is 1. The number of fused-ring (bicyclic) bond motifs is 1. The van der Waals surface area contributed by atoms with Crippen molar-refractivity contribution in [3.05, 3.63) is 35.6 Å². The fourth-order valence-corrected chi connectivity index (χ4v) is 3.08. The van der Waals surface area contributed by atoms with E-state index in [1.54, 1.807) is 0 Å². The lowest BCUT2D eigenvalue weighted by Crippen LogP contribution is -2.03. The summed E-state index contributed by atoms with van der Waals surface area (Å²) in [6, 6.07) is 7.85. The van der Waals surface area contributed by atoms with Crippen molar-refractivity contribution in [3.63, 3.8) is 0 Å². The van der Waals surface area contributed by atoms with Crippen LogP contribution in [0.1, 0.15) is 31.1 Å². The monoisotopic (exact) mass is 244 g/mol. The fourth-order valence-electron chi connectivity index (χ4n) is 3.08. The maximum Gasteiger partial charge on any atom is 0.307 e. The van der Waals surface area contributed by atoms with Crippen molar-refractivity contribution in [2.45, 2.75) is 26.7 Å². The van der Waals surface area contributed by atoms with Crippen LogP contribution in [0.15, 0.2) is 28.7 Å². The van der Waals surface area contributed by atoms with E-state index in [4.69, 9.17) is 4.42 Å². The van der Waals surface area contributed by atoms with Crippen LogP contribution in [-0.2, 0) is 4.79 Å². The number of hydrogen-bond acceptors (Lipinski definition) is 2. The first-order valence-electron chi connectivity index (χ1n) is 6.15. The van der Waals surface area contributed by atoms with Crippen LogP contribution in [0.4, 0.5) is 0 Å². The van der Waals surface area contributed by atoms with E-state index in [9.17, 15) is 9.90 Å². The molecule has 2 atom stereocenters. The molecule has 1 N–H and O–H groups in total. The highest BCUT2D eigenvalue weighted by molar-refractivity contribution is 5.84. The predicted molar refractivity (Wildman–Crippen MR) is 68.6 cm³/mol. The molecule has 0 amide bonds. The van der Waals surface area contributed by atoms with Gasteiger partial charge in [-0.3, -0.25) is 4.79 Å². The van der Waals surface area contributed by atoms with E-state index in [1.807, 2.05) is 45.0 Å². The highest BCUT2D eigenvalue weighted by Crippen LogP contribution is 2.65. The Bertz CT molecular complexity index is 636. The standard InChI is InChI=1S/C15H16O3/c1-8-9-6-4-5-7-10(9)18-13(8)11-12(14(16)17)15(11,2)3/h4-7,11-12H,1-3H3,(H,16,17)/t11-,12-/m0/s1. The van der Waals surface area contributed by atoms with Gasteiger partial charge in [0.05, 0.1) is 5.92 Å². The Balaban J connectivity index is 2.12. The third-order valence-electron chi connectivity index (χ3n) is 4.26. The first kappa shape index (κ1) is 11.3. The zero-order chi connectivity index (χ0) is 13.1. The molecule has 1 saturated carbocycles. The summed E-state index contributed by atoms with van der Waals surface area (Å²) in [7, 11) is 0. The van der Waals surface area contributed by atoms with E-state index in [0.29, 0.717) is 0 Å². The van der Waals surface area contributed by atoms with Crippen LogP contribution in [0.3, 0.4) is 0 Å². The summed E-state index contributed by atoms with van der Waals surface area (Å²) in [5.41, 5.74) is 1.70. The van der Waals surface area contributed by atoms with Gasteiger partial charge < -0.3 is 9.52 Å². The number of carboxylic acid groups (broad SMARTS) is 1. The van der Waals surface area contributed by atoms with E-state index in [0.717, 1.165) is 22.3 Å². The lowest BCUT2D eigenvalue weighted by Gasteiger charge is -1.99. The number of aryl methyl sites for hydroxylation is 1. The average molecular weight is 244 g/mol. The van der Waals surface area contributed by atoms with Gasteiger partial charge in [-0.2, -0.15) is 0 Å². The van der Waals surface area contributed by atoms with Crippen LogP contribution < -0.4 is 0 Å². The minimum absolute atomic E-state index is 0.0117. The smallest absolute Gasteiger partial charge is 0.307 e. The molecule has 1 heterocycles. The van der Waals surface area contributed by atoms with E-state index < -0.39 is 5.97 Å². The van der Waals surface area contributed by atoms with Crippen molar-refractivity contribution in [1.82, 2.24) is 0 Å². The fraction of sp³-hybridized carbons (Fsp3) is 0.400. The molecular formula is C15H16O3. The molecule has 3 rings (SSSR count). The minimum Gasteiger partial charge on any atom is -0.481 e. The van der Waals surface area contributed by atoms with Gasteiger partial charge in [-0.25, -0.2) is 0 Å². The number of rotatable bonds is 2. The summed E-state index contributed by atoms with van der Waals surface area (Å²) in [6.07, 6.45) is 0. The van der Waals surface area contributed by atoms with Gasteiger partial charge in [0.2, 0.25) is 0 Å². The first-order valence-corrected chi connectivity index (χ1v) is 6.15. The number of para-hydroxylation sites is 1. The third kappa shape index (κ3) is 1.33. The number of carbonyl (C=O) groups is 1. The summed E-state index contributed by atoms with van der Waals surface area (Å²) in [6.45, 7) is 5.99.